The molecule has 0 fully saturated rings. The van der Waals surface area contributed by atoms with Gasteiger partial charge in [-0.2, -0.15) is 0 Å². The summed E-state index contributed by atoms with van der Waals surface area (Å²) in [4.78, 5) is 27.0. The monoisotopic (exact) mass is 430 g/mol. The van der Waals surface area contributed by atoms with Crippen LogP contribution in [0.2, 0.25) is 0 Å². The van der Waals surface area contributed by atoms with Crippen LogP contribution >= 0.6 is 0 Å². The van der Waals surface area contributed by atoms with Crippen LogP contribution in [0.4, 0.5) is 0 Å². The van der Waals surface area contributed by atoms with Crippen molar-refractivity contribution in [1.82, 2.24) is 9.13 Å². The molecule has 0 saturated heterocycles. The second-order valence-electron chi connectivity index (χ2n) is 8.73. The highest BCUT2D eigenvalue weighted by Gasteiger charge is 2.16. The molecule has 0 aliphatic rings. The molecule has 0 aliphatic heterocycles. The molecule has 33 heavy (non-hydrogen) atoms. The van der Waals surface area contributed by atoms with Crippen molar-refractivity contribution in [3.05, 3.63) is 105 Å². The number of aryl methyl sites for hydroxylation is 3. The van der Waals surface area contributed by atoms with E-state index in [9.17, 15) is 9.59 Å². The Kier molecular flexibility index (Phi) is 4.08. The van der Waals surface area contributed by atoms with Crippen LogP contribution in [0.3, 0.4) is 0 Å². The first kappa shape index (κ1) is 19.5. The minimum atomic E-state index is -0.0167. The van der Waals surface area contributed by atoms with Gasteiger partial charge in [0.25, 0.3) is 0 Å². The lowest BCUT2D eigenvalue weighted by molar-refractivity contribution is 0.990. The van der Waals surface area contributed by atoms with Gasteiger partial charge in [-0.25, -0.2) is 0 Å². The van der Waals surface area contributed by atoms with E-state index in [4.69, 9.17) is 0 Å². The average molecular weight is 431 g/mol. The van der Waals surface area contributed by atoms with Crippen molar-refractivity contribution in [2.45, 2.75) is 6.92 Å². The Bertz CT molecular complexity index is 1880. The number of benzene rings is 4. The van der Waals surface area contributed by atoms with Crippen LogP contribution in [-0.2, 0) is 14.1 Å². The molecule has 0 spiro atoms. The summed E-state index contributed by atoms with van der Waals surface area (Å²) in [5, 5.41) is 2.61. The van der Waals surface area contributed by atoms with Gasteiger partial charge in [-0.3, -0.25) is 9.59 Å². The SMILES string of the molecule is Cc1cccc2c(=O)c3cc4c(cc3n(C)c12)c(=O)c1ccc(-c2ccccc2)cc1n4C. The van der Waals surface area contributed by atoms with Gasteiger partial charge in [0, 0.05) is 35.6 Å². The molecule has 2 aromatic heterocycles. The third kappa shape index (κ3) is 2.70. The van der Waals surface area contributed by atoms with Crippen molar-refractivity contribution in [2.24, 2.45) is 14.1 Å². The minimum absolute atomic E-state index is 0.00529. The van der Waals surface area contributed by atoms with Crippen LogP contribution in [0, 0.1) is 6.92 Å². The second kappa shape index (κ2) is 6.91. The van der Waals surface area contributed by atoms with Crippen molar-refractivity contribution < 1.29 is 0 Å². The number of hydrogen-bond acceptors (Lipinski definition) is 2. The van der Waals surface area contributed by atoms with E-state index in [1.54, 1.807) is 0 Å². The number of aromatic nitrogens is 2. The Labute approximate surface area is 189 Å². The lowest BCUT2D eigenvalue weighted by Crippen LogP contribution is -2.14. The molecule has 4 heteroatoms. The lowest BCUT2D eigenvalue weighted by atomic mass is 10.0. The molecule has 0 atom stereocenters. The maximum atomic E-state index is 13.6. The Balaban J connectivity index is 1.77. The Hall–Kier alpha value is -4.18. The summed E-state index contributed by atoms with van der Waals surface area (Å²) in [5.74, 6) is 0. The molecule has 0 aliphatic carbocycles. The molecule has 0 radical (unpaired) electrons. The number of fused-ring (bicyclic) bond motifs is 4. The van der Waals surface area contributed by atoms with Gasteiger partial charge in [-0.1, -0.05) is 48.5 Å². The Morgan fingerprint density at radius 2 is 1.18 bits per heavy atom. The first-order chi connectivity index (χ1) is 16.0. The van der Waals surface area contributed by atoms with Crippen molar-refractivity contribution in [3.8, 4) is 11.1 Å². The van der Waals surface area contributed by atoms with Gasteiger partial charge in [-0.15, -0.1) is 0 Å². The average Bonchev–Trinajstić information content (AvgIpc) is 2.85. The second-order valence-corrected chi connectivity index (χ2v) is 8.73. The fourth-order valence-electron chi connectivity index (χ4n) is 5.13. The minimum Gasteiger partial charge on any atom is -0.343 e. The molecule has 4 nitrogen and oxygen atoms in total. The molecule has 0 saturated carbocycles. The largest absolute Gasteiger partial charge is 0.343 e. The van der Waals surface area contributed by atoms with Crippen LogP contribution in [0.25, 0.3) is 54.7 Å². The highest BCUT2D eigenvalue weighted by molar-refractivity contribution is 6.04. The molecule has 0 amide bonds. The third-order valence-electron chi connectivity index (χ3n) is 6.85. The summed E-state index contributed by atoms with van der Waals surface area (Å²) in [6.45, 7) is 2.01. The van der Waals surface area contributed by atoms with Gasteiger partial charge in [0.2, 0.25) is 0 Å². The van der Waals surface area contributed by atoms with E-state index >= 15 is 0 Å². The van der Waals surface area contributed by atoms with E-state index in [0.717, 1.165) is 38.8 Å². The normalized spacial score (nSPS) is 11.7. The van der Waals surface area contributed by atoms with E-state index in [-0.39, 0.29) is 10.9 Å². The zero-order valence-corrected chi connectivity index (χ0v) is 18.7. The Morgan fingerprint density at radius 3 is 1.91 bits per heavy atom. The van der Waals surface area contributed by atoms with Crippen molar-refractivity contribution in [1.29, 1.82) is 0 Å². The van der Waals surface area contributed by atoms with Crippen LogP contribution in [-0.4, -0.2) is 9.13 Å². The molecule has 160 valence electrons. The molecule has 0 bridgehead atoms. The van der Waals surface area contributed by atoms with E-state index < -0.39 is 0 Å². The smallest absolute Gasteiger partial charge is 0.197 e. The van der Waals surface area contributed by atoms with Crippen LogP contribution < -0.4 is 10.9 Å². The van der Waals surface area contributed by atoms with Gasteiger partial charge in [-0.05, 0) is 53.9 Å². The first-order valence-corrected chi connectivity index (χ1v) is 11.0. The van der Waals surface area contributed by atoms with E-state index in [2.05, 4.69) is 18.2 Å². The maximum absolute atomic E-state index is 13.6. The number of para-hydroxylation sites is 1. The van der Waals surface area contributed by atoms with Gasteiger partial charge in [0.05, 0.1) is 22.1 Å². The summed E-state index contributed by atoms with van der Waals surface area (Å²) in [6.07, 6.45) is 0. The van der Waals surface area contributed by atoms with E-state index in [1.807, 2.05) is 90.8 Å². The van der Waals surface area contributed by atoms with Crippen LogP contribution in [0.15, 0.2) is 88.5 Å². The number of hydrogen-bond donors (Lipinski definition) is 0. The standard InChI is InChI=1S/C29H22N2O2/c1-17-8-7-11-21-27(17)31(3)26-16-22-25(15-23(26)29(21)33)30(2)24-14-19(12-13-20(24)28(22)32)18-9-5-4-6-10-18/h4-16H,1-3H3. The Morgan fingerprint density at radius 1 is 0.545 bits per heavy atom. The molecule has 2 heterocycles. The summed E-state index contributed by atoms with van der Waals surface area (Å²) in [6, 6.07) is 25.6. The van der Waals surface area contributed by atoms with E-state index in [1.165, 1.54) is 0 Å². The summed E-state index contributed by atoms with van der Waals surface area (Å²) >= 11 is 0. The first-order valence-electron chi connectivity index (χ1n) is 11.0. The zero-order chi connectivity index (χ0) is 22.9. The molecular weight excluding hydrogens is 408 g/mol. The van der Waals surface area contributed by atoms with Crippen molar-refractivity contribution >= 4 is 43.6 Å². The van der Waals surface area contributed by atoms with Gasteiger partial charge >= 0.3 is 0 Å². The molecule has 0 unspecified atom stereocenters. The summed E-state index contributed by atoms with van der Waals surface area (Å²) in [5.41, 5.74) is 6.44. The molecular formula is C29H22N2O2. The molecule has 6 rings (SSSR count). The quantitative estimate of drug-likeness (QED) is 0.315. The predicted octanol–water partition coefficient (Wildman–Crippen LogP) is 5.67. The van der Waals surface area contributed by atoms with E-state index in [0.29, 0.717) is 21.5 Å². The predicted molar refractivity (Wildman–Crippen MR) is 137 cm³/mol. The highest BCUT2D eigenvalue weighted by Crippen LogP contribution is 2.28. The van der Waals surface area contributed by atoms with Gasteiger partial charge < -0.3 is 9.13 Å². The summed E-state index contributed by atoms with van der Waals surface area (Å²) < 4.78 is 4.06. The zero-order valence-electron chi connectivity index (χ0n) is 18.7. The fourth-order valence-corrected chi connectivity index (χ4v) is 5.13. The fraction of sp³-hybridized carbons (Fsp3) is 0.103. The van der Waals surface area contributed by atoms with Crippen molar-refractivity contribution in [3.63, 3.8) is 0 Å². The van der Waals surface area contributed by atoms with Crippen LogP contribution in [0.5, 0.6) is 0 Å². The molecule has 0 N–H and O–H groups in total. The number of nitrogens with zero attached hydrogens (tertiary/aromatic N) is 2. The lowest BCUT2D eigenvalue weighted by Gasteiger charge is -2.16. The van der Waals surface area contributed by atoms with Gasteiger partial charge in [0.1, 0.15) is 0 Å². The van der Waals surface area contributed by atoms with Gasteiger partial charge in [0.15, 0.2) is 10.9 Å². The number of pyridine rings is 2. The molecule has 6 aromatic rings. The third-order valence-corrected chi connectivity index (χ3v) is 6.85. The topological polar surface area (TPSA) is 44.0 Å². The molecule has 4 aromatic carbocycles. The maximum Gasteiger partial charge on any atom is 0.197 e. The number of rotatable bonds is 1. The van der Waals surface area contributed by atoms with Crippen molar-refractivity contribution in [2.75, 3.05) is 0 Å². The highest BCUT2D eigenvalue weighted by atomic mass is 16.1. The van der Waals surface area contributed by atoms with Crippen LogP contribution in [0.1, 0.15) is 5.56 Å². The summed E-state index contributed by atoms with van der Waals surface area (Å²) in [7, 11) is 3.92.